The molecule has 2 N–H and O–H groups in total. The van der Waals surface area contributed by atoms with Crippen LogP contribution in [0.3, 0.4) is 0 Å². The summed E-state index contributed by atoms with van der Waals surface area (Å²) in [4.78, 5) is 11.1. The minimum absolute atomic E-state index is 0.277. The van der Waals surface area contributed by atoms with E-state index in [0.717, 1.165) is 24.3 Å². The fraction of sp³-hybridized carbons (Fsp3) is 0.462. The molecular weight excluding hydrogens is 218 g/mol. The number of benzene rings is 1. The summed E-state index contributed by atoms with van der Waals surface area (Å²) in [6.07, 6.45) is 2.00. The highest BCUT2D eigenvalue weighted by Crippen LogP contribution is 2.34. The van der Waals surface area contributed by atoms with Gasteiger partial charge in [0.1, 0.15) is 11.8 Å². The molecule has 0 aliphatic heterocycles. The molecule has 1 aromatic rings. The Morgan fingerprint density at radius 3 is 2.59 bits per heavy atom. The van der Waals surface area contributed by atoms with Crippen molar-refractivity contribution in [2.75, 3.05) is 11.9 Å². The van der Waals surface area contributed by atoms with Crippen molar-refractivity contribution in [2.24, 2.45) is 5.92 Å². The minimum atomic E-state index is -0.776. The fourth-order valence-corrected chi connectivity index (χ4v) is 1.80. The molecular formula is C13H17NO3. The SMILES string of the molecule is CCOc1ccc(NC(C(=O)O)C2CC2)cc1. The average Bonchev–Trinajstić information content (AvgIpc) is 3.12. The van der Waals surface area contributed by atoms with E-state index in [4.69, 9.17) is 9.84 Å². The minimum Gasteiger partial charge on any atom is -0.494 e. The highest BCUT2D eigenvalue weighted by Gasteiger charge is 2.36. The Kier molecular flexibility index (Phi) is 3.52. The first-order valence-electron chi connectivity index (χ1n) is 5.93. The van der Waals surface area contributed by atoms with Crippen molar-refractivity contribution < 1.29 is 14.6 Å². The van der Waals surface area contributed by atoms with Gasteiger partial charge in [-0.15, -0.1) is 0 Å². The number of ether oxygens (including phenoxy) is 1. The number of rotatable bonds is 6. The number of nitrogens with one attached hydrogen (secondary N) is 1. The van der Waals surface area contributed by atoms with Crippen molar-refractivity contribution in [1.29, 1.82) is 0 Å². The third kappa shape index (κ3) is 3.12. The molecule has 4 heteroatoms. The van der Waals surface area contributed by atoms with E-state index in [1.165, 1.54) is 0 Å². The van der Waals surface area contributed by atoms with Crippen LogP contribution in [0.1, 0.15) is 19.8 Å². The molecule has 0 heterocycles. The number of carbonyl (C=O) groups is 1. The molecule has 1 fully saturated rings. The predicted molar refractivity (Wildman–Crippen MR) is 65.4 cm³/mol. The summed E-state index contributed by atoms with van der Waals surface area (Å²) < 4.78 is 5.33. The second-order valence-electron chi connectivity index (χ2n) is 4.26. The standard InChI is InChI=1S/C13H17NO3/c1-2-17-11-7-5-10(6-8-11)14-12(13(15)16)9-3-4-9/h5-9,12,14H,2-4H2,1H3,(H,15,16). The second kappa shape index (κ2) is 5.08. The van der Waals surface area contributed by atoms with E-state index in [1.54, 1.807) is 0 Å². The number of aliphatic carboxylic acids is 1. The smallest absolute Gasteiger partial charge is 0.326 e. The molecule has 1 saturated carbocycles. The molecule has 0 radical (unpaired) electrons. The molecule has 1 atom stereocenters. The average molecular weight is 235 g/mol. The zero-order valence-corrected chi connectivity index (χ0v) is 9.85. The highest BCUT2D eigenvalue weighted by atomic mass is 16.5. The Morgan fingerprint density at radius 1 is 1.47 bits per heavy atom. The van der Waals surface area contributed by atoms with E-state index in [2.05, 4.69) is 5.32 Å². The van der Waals surface area contributed by atoms with Gasteiger partial charge in [-0.05, 0) is 49.9 Å². The molecule has 1 aliphatic rings. The first-order chi connectivity index (χ1) is 8.20. The number of carboxylic acids is 1. The lowest BCUT2D eigenvalue weighted by atomic mass is 10.1. The molecule has 0 aromatic heterocycles. The van der Waals surface area contributed by atoms with Crippen LogP contribution in [0, 0.1) is 5.92 Å². The van der Waals surface area contributed by atoms with Crippen LogP contribution in [0.15, 0.2) is 24.3 Å². The van der Waals surface area contributed by atoms with Crippen LogP contribution in [0.2, 0.25) is 0 Å². The van der Waals surface area contributed by atoms with Crippen LogP contribution in [-0.4, -0.2) is 23.7 Å². The largest absolute Gasteiger partial charge is 0.494 e. The van der Waals surface area contributed by atoms with Crippen molar-refractivity contribution in [3.05, 3.63) is 24.3 Å². The van der Waals surface area contributed by atoms with E-state index in [0.29, 0.717) is 6.61 Å². The van der Waals surface area contributed by atoms with Gasteiger partial charge in [0.05, 0.1) is 6.61 Å². The molecule has 0 bridgehead atoms. The Labute approximate surface area is 101 Å². The van der Waals surface area contributed by atoms with Crippen LogP contribution < -0.4 is 10.1 Å². The van der Waals surface area contributed by atoms with Gasteiger partial charge in [0.25, 0.3) is 0 Å². The van der Waals surface area contributed by atoms with Crippen molar-refractivity contribution in [1.82, 2.24) is 0 Å². The van der Waals surface area contributed by atoms with Gasteiger partial charge >= 0.3 is 5.97 Å². The quantitative estimate of drug-likeness (QED) is 0.794. The third-order valence-corrected chi connectivity index (χ3v) is 2.85. The number of hydrogen-bond acceptors (Lipinski definition) is 3. The van der Waals surface area contributed by atoms with E-state index >= 15 is 0 Å². The van der Waals surface area contributed by atoms with Crippen molar-refractivity contribution in [3.8, 4) is 5.75 Å². The van der Waals surface area contributed by atoms with Crippen molar-refractivity contribution in [2.45, 2.75) is 25.8 Å². The zero-order chi connectivity index (χ0) is 12.3. The monoisotopic (exact) mass is 235 g/mol. The Hall–Kier alpha value is -1.71. The summed E-state index contributed by atoms with van der Waals surface area (Å²) in [7, 11) is 0. The highest BCUT2D eigenvalue weighted by molar-refractivity contribution is 5.78. The van der Waals surface area contributed by atoms with E-state index in [1.807, 2.05) is 31.2 Å². The zero-order valence-electron chi connectivity index (χ0n) is 9.85. The molecule has 4 nitrogen and oxygen atoms in total. The predicted octanol–water partition coefficient (Wildman–Crippen LogP) is 2.36. The first-order valence-corrected chi connectivity index (χ1v) is 5.93. The summed E-state index contributed by atoms with van der Waals surface area (Å²) in [6, 6.07) is 6.93. The van der Waals surface area contributed by atoms with E-state index < -0.39 is 12.0 Å². The fourth-order valence-electron chi connectivity index (χ4n) is 1.80. The van der Waals surface area contributed by atoms with Gasteiger partial charge in [-0.3, -0.25) is 0 Å². The lowest BCUT2D eigenvalue weighted by Crippen LogP contribution is -2.31. The molecule has 1 unspecified atom stereocenters. The second-order valence-corrected chi connectivity index (χ2v) is 4.26. The Bertz CT molecular complexity index is 384. The van der Waals surface area contributed by atoms with Crippen LogP contribution in [0.5, 0.6) is 5.75 Å². The molecule has 2 rings (SSSR count). The summed E-state index contributed by atoms with van der Waals surface area (Å²) in [5, 5.41) is 12.2. The maximum absolute atomic E-state index is 11.1. The molecule has 0 amide bonds. The molecule has 17 heavy (non-hydrogen) atoms. The first kappa shape index (κ1) is 11.8. The van der Waals surface area contributed by atoms with E-state index in [-0.39, 0.29) is 5.92 Å². The van der Waals surface area contributed by atoms with Gasteiger partial charge in [0.2, 0.25) is 0 Å². The van der Waals surface area contributed by atoms with Gasteiger partial charge < -0.3 is 15.2 Å². The summed E-state index contributed by atoms with van der Waals surface area (Å²) in [5.74, 6) is 0.303. The van der Waals surface area contributed by atoms with Gasteiger partial charge in [-0.25, -0.2) is 4.79 Å². The van der Waals surface area contributed by atoms with Crippen LogP contribution >= 0.6 is 0 Å². The Balaban J connectivity index is 1.99. The summed E-state index contributed by atoms with van der Waals surface area (Å²) >= 11 is 0. The molecule has 92 valence electrons. The Morgan fingerprint density at radius 2 is 2.12 bits per heavy atom. The van der Waals surface area contributed by atoms with Crippen molar-refractivity contribution in [3.63, 3.8) is 0 Å². The van der Waals surface area contributed by atoms with Gasteiger partial charge in [0, 0.05) is 5.69 Å². The summed E-state index contributed by atoms with van der Waals surface area (Å²) in [5.41, 5.74) is 0.827. The van der Waals surface area contributed by atoms with Crippen LogP contribution in [0.25, 0.3) is 0 Å². The maximum Gasteiger partial charge on any atom is 0.326 e. The number of anilines is 1. The lowest BCUT2D eigenvalue weighted by Gasteiger charge is -2.15. The molecule has 1 aliphatic carbocycles. The van der Waals surface area contributed by atoms with E-state index in [9.17, 15) is 4.79 Å². The molecule has 1 aromatic carbocycles. The molecule has 0 saturated heterocycles. The third-order valence-electron chi connectivity index (χ3n) is 2.85. The topological polar surface area (TPSA) is 58.6 Å². The maximum atomic E-state index is 11.1. The number of carboxylic acid groups (broad SMARTS) is 1. The van der Waals surface area contributed by atoms with Gasteiger partial charge in [0.15, 0.2) is 0 Å². The summed E-state index contributed by atoms with van der Waals surface area (Å²) in [6.45, 7) is 2.56. The lowest BCUT2D eigenvalue weighted by molar-refractivity contribution is -0.138. The van der Waals surface area contributed by atoms with Crippen LogP contribution in [-0.2, 0) is 4.79 Å². The normalized spacial score (nSPS) is 16.3. The van der Waals surface area contributed by atoms with Gasteiger partial charge in [-0.1, -0.05) is 0 Å². The molecule has 0 spiro atoms. The van der Waals surface area contributed by atoms with Gasteiger partial charge in [-0.2, -0.15) is 0 Å². The van der Waals surface area contributed by atoms with Crippen LogP contribution in [0.4, 0.5) is 5.69 Å². The number of hydrogen-bond donors (Lipinski definition) is 2. The van der Waals surface area contributed by atoms with Crippen molar-refractivity contribution >= 4 is 11.7 Å².